The number of amides is 3. The Morgan fingerprint density at radius 1 is 0.848 bits per heavy atom. The molecule has 2 N–H and O–H groups in total. The van der Waals surface area contributed by atoms with Gasteiger partial charge in [0.2, 0.25) is 0 Å². The van der Waals surface area contributed by atoms with Crippen molar-refractivity contribution in [3.63, 3.8) is 0 Å². The monoisotopic (exact) mass is 629 g/mol. The van der Waals surface area contributed by atoms with E-state index in [1.54, 1.807) is 41.3 Å². The van der Waals surface area contributed by atoms with Crippen molar-refractivity contribution in [3.05, 3.63) is 93.8 Å². The molecule has 0 saturated heterocycles. The lowest BCUT2D eigenvalue weighted by atomic mass is 10.1. The summed E-state index contributed by atoms with van der Waals surface area (Å²) in [6, 6.07) is 17.9. The molecule has 46 heavy (non-hydrogen) atoms. The van der Waals surface area contributed by atoms with E-state index in [4.69, 9.17) is 18.6 Å². The summed E-state index contributed by atoms with van der Waals surface area (Å²) in [5.74, 6) is -0.911. The molecule has 4 aromatic rings. The number of carbonyl (C=O) groups excluding carboxylic acids is 3. The first-order valence-corrected chi connectivity index (χ1v) is 14.9. The lowest BCUT2D eigenvalue weighted by Gasteiger charge is -2.27. The summed E-state index contributed by atoms with van der Waals surface area (Å²) in [5.41, 5.74) is 1.00. The van der Waals surface area contributed by atoms with Crippen LogP contribution in [0.4, 0.5) is 16.2 Å². The predicted molar refractivity (Wildman–Crippen MR) is 176 cm³/mol. The topological polar surface area (TPSA) is 136 Å². The van der Waals surface area contributed by atoms with Crippen molar-refractivity contribution in [3.8, 4) is 11.5 Å². The fraction of sp³-hybridized carbons (Fsp3) is 0.314. The van der Waals surface area contributed by atoms with Gasteiger partial charge >= 0.3 is 6.09 Å². The number of anilines is 2. The maximum Gasteiger partial charge on any atom is 0.410 e. The Labute approximate surface area is 267 Å². The molecule has 4 rings (SSSR count). The molecule has 0 bridgehead atoms. The second-order valence-corrected chi connectivity index (χ2v) is 11.5. The van der Waals surface area contributed by atoms with Crippen molar-refractivity contribution < 1.29 is 33.0 Å². The van der Waals surface area contributed by atoms with E-state index >= 15 is 0 Å². The smallest absolute Gasteiger partial charge is 0.410 e. The molecule has 0 aliphatic carbocycles. The predicted octanol–water partition coefficient (Wildman–Crippen LogP) is 6.50. The number of methoxy groups -OCH3 is 2. The summed E-state index contributed by atoms with van der Waals surface area (Å²) < 4.78 is 22.0. The van der Waals surface area contributed by atoms with Gasteiger partial charge in [-0.25, -0.2) is 4.79 Å². The van der Waals surface area contributed by atoms with Crippen LogP contribution >= 0.6 is 0 Å². The highest BCUT2D eigenvalue weighted by Gasteiger charge is 2.23. The molecule has 1 aromatic heterocycles. The Kier molecular flexibility index (Phi) is 10.7. The molecule has 0 atom stereocenters. The van der Waals surface area contributed by atoms with Gasteiger partial charge in [-0.15, -0.1) is 0 Å². The summed E-state index contributed by atoms with van der Waals surface area (Å²) in [6.07, 6.45) is 1.06. The van der Waals surface area contributed by atoms with Gasteiger partial charge in [-0.2, -0.15) is 0 Å². The second kappa shape index (κ2) is 14.6. The molecule has 0 aliphatic rings. The Hall–Kier alpha value is -5.32. The van der Waals surface area contributed by atoms with Crippen molar-refractivity contribution in [2.24, 2.45) is 0 Å². The fourth-order valence-electron chi connectivity index (χ4n) is 4.68. The van der Waals surface area contributed by atoms with Crippen LogP contribution in [0.15, 0.2) is 75.9 Å². The third-order valence-corrected chi connectivity index (χ3v) is 6.90. The van der Waals surface area contributed by atoms with E-state index in [1.165, 1.54) is 26.4 Å². The molecule has 0 fully saturated rings. The zero-order chi connectivity index (χ0) is 33.4. The van der Waals surface area contributed by atoms with Crippen molar-refractivity contribution in [1.82, 2.24) is 4.90 Å². The zero-order valence-electron chi connectivity index (χ0n) is 26.9. The fourth-order valence-corrected chi connectivity index (χ4v) is 4.68. The number of hydrogen-bond acceptors (Lipinski definition) is 8. The van der Waals surface area contributed by atoms with E-state index in [9.17, 15) is 19.2 Å². The van der Waals surface area contributed by atoms with Crippen LogP contribution in [0.1, 0.15) is 60.6 Å². The number of para-hydroxylation sites is 1. The molecule has 0 aliphatic heterocycles. The minimum Gasteiger partial charge on any atom is -0.493 e. The maximum atomic E-state index is 13.5. The van der Waals surface area contributed by atoms with E-state index in [2.05, 4.69) is 10.6 Å². The van der Waals surface area contributed by atoms with Crippen molar-refractivity contribution in [2.75, 3.05) is 37.9 Å². The molecule has 11 heteroatoms. The number of hydrogen-bond donors (Lipinski definition) is 2. The van der Waals surface area contributed by atoms with Gasteiger partial charge in [-0.1, -0.05) is 31.2 Å². The lowest BCUT2D eigenvalue weighted by molar-refractivity contribution is 0.0252. The molecular formula is C35H39N3O8. The molecule has 3 amide bonds. The van der Waals surface area contributed by atoms with Gasteiger partial charge in [0.05, 0.1) is 30.9 Å². The SMILES string of the molecule is CCCN(CCc1ccc(NC(=O)c2cc(OC)c(OC)cc2NC(=O)c2cc(=O)c3ccccc3o2)cc1)C(=O)OC(C)(C)C. The van der Waals surface area contributed by atoms with E-state index < -0.39 is 17.4 Å². The lowest BCUT2D eigenvalue weighted by Crippen LogP contribution is -2.38. The van der Waals surface area contributed by atoms with Crippen LogP contribution in [0.2, 0.25) is 0 Å². The summed E-state index contributed by atoms with van der Waals surface area (Å²) in [4.78, 5) is 53.6. The minimum absolute atomic E-state index is 0.0887. The van der Waals surface area contributed by atoms with Crippen LogP contribution in [0.25, 0.3) is 11.0 Å². The summed E-state index contributed by atoms with van der Waals surface area (Å²) in [7, 11) is 2.87. The number of benzene rings is 3. The van der Waals surface area contributed by atoms with Crippen LogP contribution in [-0.4, -0.2) is 55.7 Å². The van der Waals surface area contributed by atoms with Gasteiger partial charge < -0.3 is 34.2 Å². The van der Waals surface area contributed by atoms with Gasteiger partial charge in [0, 0.05) is 30.9 Å². The largest absolute Gasteiger partial charge is 0.493 e. The number of fused-ring (bicyclic) bond motifs is 1. The molecule has 242 valence electrons. The average molecular weight is 630 g/mol. The van der Waals surface area contributed by atoms with Crippen LogP contribution in [-0.2, 0) is 11.2 Å². The highest BCUT2D eigenvalue weighted by Crippen LogP contribution is 2.34. The van der Waals surface area contributed by atoms with Gasteiger partial charge in [0.25, 0.3) is 11.8 Å². The van der Waals surface area contributed by atoms with Gasteiger partial charge in [0.15, 0.2) is 22.7 Å². The van der Waals surface area contributed by atoms with E-state index in [0.717, 1.165) is 18.1 Å². The average Bonchev–Trinajstić information content (AvgIpc) is 3.02. The minimum atomic E-state index is -0.725. The van der Waals surface area contributed by atoms with Gasteiger partial charge in [-0.3, -0.25) is 14.4 Å². The molecule has 0 spiro atoms. The van der Waals surface area contributed by atoms with Gasteiger partial charge in [0.1, 0.15) is 11.2 Å². The summed E-state index contributed by atoms with van der Waals surface area (Å²) in [5, 5.41) is 5.86. The Morgan fingerprint density at radius 2 is 1.52 bits per heavy atom. The molecule has 3 aromatic carbocycles. The maximum absolute atomic E-state index is 13.5. The quantitative estimate of drug-likeness (QED) is 0.192. The van der Waals surface area contributed by atoms with E-state index in [0.29, 0.717) is 30.6 Å². The Balaban J connectivity index is 1.51. The third-order valence-electron chi connectivity index (χ3n) is 6.90. The third kappa shape index (κ3) is 8.44. The normalized spacial score (nSPS) is 11.1. The van der Waals surface area contributed by atoms with Crippen LogP contribution in [0, 0.1) is 0 Å². The summed E-state index contributed by atoms with van der Waals surface area (Å²) >= 11 is 0. The number of nitrogens with one attached hydrogen (secondary N) is 2. The van der Waals surface area contributed by atoms with Gasteiger partial charge in [-0.05, 0) is 69.5 Å². The van der Waals surface area contributed by atoms with E-state index in [1.807, 2.05) is 39.8 Å². The first kappa shape index (κ1) is 33.6. The van der Waals surface area contributed by atoms with Crippen LogP contribution in [0.3, 0.4) is 0 Å². The highest BCUT2D eigenvalue weighted by atomic mass is 16.6. The van der Waals surface area contributed by atoms with Crippen molar-refractivity contribution >= 4 is 40.3 Å². The molecular weight excluding hydrogens is 590 g/mol. The van der Waals surface area contributed by atoms with Crippen molar-refractivity contribution in [2.45, 2.75) is 46.1 Å². The van der Waals surface area contributed by atoms with Crippen LogP contribution in [0.5, 0.6) is 11.5 Å². The number of carbonyl (C=O) groups is 3. The van der Waals surface area contributed by atoms with E-state index in [-0.39, 0.29) is 45.6 Å². The van der Waals surface area contributed by atoms with Crippen molar-refractivity contribution in [1.29, 1.82) is 0 Å². The Bertz CT molecular complexity index is 1770. The molecule has 0 saturated carbocycles. The molecule has 0 unspecified atom stereocenters. The first-order valence-electron chi connectivity index (χ1n) is 14.9. The number of ether oxygens (including phenoxy) is 3. The highest BCUT2D eigenvalue weighted by molar-refractivity contribution is 6.12. The summed E-state index contributed by atoms with van der Waals surface area (Å²) in [6.45, 7) is 8.59. The molecule has 11 nitrogen and oxygen atoms in total. The first-order chi connectivity index (χ1) is 21.9. The second-order valence-electron chi connectivity index (χ2n) is 11.5. The number of rotatable bonds is 11. The molecule has 0 radical (unpaired) electrons. The van der Waals surface area contributed by atoms with Crippen LogP contribution < -0.4 is 25.5 Å². The number of nitrogens with zero attached hydrogens (tertiary/aromatic N) is 1. The Morgan fingerprint density at radius 3 is 2.17 bits per heavy atom. The standard InChI is InChI=1S/C35H39N3O8/c1-7-17-38(34(42)46-35(2,3)4)18-16-22-12-14-23(15-13-22)36-32(40)25-19-29(43-5)30(44-6)20-26(25)37-33(41)31-21-27(39)24-10-8-9-11-28(24)45-31/h8-15,19-21H,7,16-18H2,1-6H3,(H,36,40)(H,37,41). The molecule has 1 heterocycles. The zero-order valence-corrected chi connectivity index (χ0v) is 26.9.